The second-order valence-corrected chi connectivity index (χ2v) is 5.62. The SMILES string of the molecule is C=C1COCC(=O)N1CCOCCOCCN1C(=O)CCCC1=O. The van der Waals surface area contributed by atoms with Crippen molar-refractivity contribution in [1.82, 2.24) is 9.80 Å². The highest BCUT2D eigenvalue weighted by molar-refractivity contribution is 5.97. The van der Waals surface area contributed by atoms with Crippen LogP contribution in [0.3, 0.4) is 0 Å². The zero-order valence-corrected chi connectivity index (χ0v) is 13.8. The number of rotatable bonds is 9. The van der Waals surface area contributed by atoms with Gasteiger partial charge in [-0.2, -0.15) is 0 Å². The van der Waals surface area contributed by atoms with Gasteiger partial charge in [0.25, 0.3) is 5.91 Å². The molecular weight excluding hydrogens is 316 g/mol. The Morgan fingerprint density at radius 2 is 1.42 bits per heavy atom. The normalized spacial score (nSPS) is 19.3. The molecule has 0 spiro atoms. The number of hydrogen-bond donors (Lipinski definition) is 0. The summed E-state index contributed by atoms with van der Waals surface area (Å²) in [7, 11) is 0. The van der Waals surface area contributed by atoms with E-state index in [-0.39, 0.29) is 24.3 Å². The summed E-state index contributed by atoms with van der Waals surface area (Å²) in [6.07, 6.45) is 1.50. The molecule has 0 radical (unpaired) electrons. The summed E-state index contributed by atoms with van der Waals surface area (Å²) in [5.41, 5.74) is 0.641. The molecule has 3 amide bonds. The largest absolute Gasteiger partial charge is 0.377 e. The molecule has 0 aromatic carbocycles. The summed E-state index contributed by atoms with van der Waals surface area (Å²) < 4.78 is 15.9. The van der Waals surface area contributed by atoms with Crippen molar-refractivity contribution < 1.29 is 28.6 Å². The highest BCUT2D eigenvalue weighted by Crippen LogP contribution is 2.11. The second-order valence-electron chi connectivity index (χ2n) is 5.62. The van der Waals surface area contributed by atoms with E-state index in [0.29, 0.717) is 71.1 Å². The zero-order chi connectivity index (χ0) is 17.4. The maximum atomic E-state index is 11.6. The highest BCUT2D eigenvalue weighted by atomic mass is 16.5. The molecule has 0 aliphatic carbocycles. The maximum absolute atomic E-state index is 11.6. The third-order valence-corrected chi connectivity index (χ3v) is 3.85. The van der Waals surface area contributed by atoms with Crippen molar-refractivity contribution in [3.05, 3.63) is 12.3 Å². The number of hydrogen-bond acceptors (Lipinski definition) is 6. The molecule has 0 bridgehead atoms. The Labute approximate surface area is 141 Å². The van der Waals surface area contributed by atoms with Crippen LogP contribution in [0, 0.1) is 0 Å². The van der Waals surface area contributed by atoms with Crippen LogP contribution in [-0.2, 0) is 28.6 Å². The van der Waals surface area contributed by atoms with Gasteiger partial charge in [-0.1, -0.05) is 6.58 Å². The number of carbonyl (C=O) groups excluding carboxylic acids is 3. The molecule has 0 atom stereocenters. The predicted octanol–water partition coefficient (Wildman–Crippen LogP) is -0.0688. The van der Waals surface area contributed by atoms with E-state index in [2.05, 4.69) is 6.58 Å². The molecule has 2 saturated heterocycles. The van der Waals surface area contributed by atoms with Gasteiger partial charge in [-0.15, -0.1) is 0 Å². The molecule has 134 valence electrons. The molecule has 8 heteroatoms. The van der Waals surface area contributed by atoms with Crippen molar-refractivity contribution in [2.24, 2.45) is 0 Å². The van der Waals surface area contributed by atoms with Gasteiger partial charge in [-0.25, -0.2) is 0 Å². The Morgan fingerprint density at radius 3 is 2.00 bits per heavy atom. The minimum absolute atomic E-state index is 0.0794. The minimum atomic E-state index is -0.124. The Balaban J connectivity index is 1.49. The first-order valence-corrected chi connectivity index (χ1v) is 8.14. The lowest BCUT2D eigenvalue weighted by Gasteiger charge is -2.28. The molecule has 0 unspecified atom stereocenters. The van der Waals surface area contributed by atoms with Crippen molar-refractivity contribution in [2.75, 3.05) is 52.7 Å². The highest BCUT2D eigenvalue weighted by Gasteiger charge is 2.25. The molecule has 2 rings (SSSR count). The number of ether oxygens (including phenoxy) is 3. The Bertz CT molecular complexity index is 417. The third kappa shape index (κ3) is 5.40. The average molecular weight is 340 g/mol. The minimum Gasteiger partial charge on any atom is -0.377 e. The fourth-order valence-corrected chi connectivity index (χ4v) is 2.55. The second kappa shape index (κ2) is 9.51. The van der Waals surface area contributed by atoms with Gasteiger partial charge in [0.15, 0.2) is 0 Å². The molecular formula is C16H24N2O6. The summed E-state index contributed by atoms with van der Waals surface area (Å²) in [4.78, 5) is 37.6. The van der Waals surface area contributed by atoms with E-state index in [1.165, 1.54) is 4.90 Å². The number of carbonyl (C=O) groups is 3. The fraction of sp³-hybridized carbons (Fsp3) is 0.688. The van der Waals surface area contributed by atoms with E-state index in [9.17, 15) is 14.4 Å². The third-order valence-electron chi connectivity index (χ3n) is 3.85. The van der Waals surface area contributed by atoms with Crippen molar-refractivity contribution in [3.8, 4) is 0 Å². The topological polar surface area (TPSA) is 85.4 Å². The van der Waals surface area contributed by atoms with Crippen molar-refractivity contribution in [3.63, 3.8) is 0 Å². The average Bonchev–Trinajstić information content (AvgIpc) is 2.54. The van der Waals surface area contributed by atoms with Crippen LogP contribution in [-0.4, -0.2) is 80.3 Å². The van der Waals surface area contributed by atoms with Crippen LogP contribution in [0.2, 0.25) is 0 Å². The van der Waals surface area contributed by atoms with E-state index < -0.39 is 0 Å². The first kappa shape index (κ1) is 18.6. The van der Waals surface area contributed by atoms with Gasteiger partial charge in [0.2, 0.25) is 11.8 Å². The summed E-state index contributed by atoms with van der Waals surface area (Å²) in [5, 5.41) is 0. The van der Waals surface area contributed by atoms with Gasteiger partial charge >= 0.3 is 0 Å². The molecule has 24 heavy (non-hydrogen) atoms. The molecule has 2 aliphatic heterocycles. The fourth-order valence-electron chi connectivity index (χ4n) is 2.55. The van der Waals surface area contributed by atoms with Crippen molar-refractivity contribution in [2.45, 2.75) is 19.3 Å². The first-order chi connectivity index (χ1) is 11.6. The standard InChI is InChI=1S/C16H24N2O6/c1-13-11-24-12-16(21)17(13)5-7-22-9-10-23-8-6-18-14(19)3-2-4-15(18)20/h1-12H2. The van der Waals surface area contributed by atoms with Gasteiger partial charge in [0.05, 0.1) is 39.6 Å². The number of nitrogens with zero attached hydrogens (tertiary/aromatic N) is 2. The lowest BCUT2D eigenvalue weighted by molar-refractivity contribution is -0.149. The molecule has 2 fully saturated rings. The van der Waals surface area contributed by atoms with E-state index >= 15 is 0 Å². The molecule has 8 nitrogen and oxygen atoms in total. The van der Waals surface area contributed by atoms with Crippen LogP contribution >= 0.6 is 0 Å². The monoisotopic (exact) mass is 340 g/mol. The van der Waals surface area contributed by atoms with E-state index in [0.717, 1.165) is 0 Å². The van der Waals surface area contributed by atoms with Crippen LogP contribution < -0.4 is 0 Å². The summed E-state index contributed by atoms with van der Waals surface area (Å²) in [6, 6.07) is 0. The molecule has 0 aromatic rings. The smallest absolute Gasteiger partial charge is 0.252 e. The van der Waals surface area contributed by atoms with Gasteiger partial charge in [0.1, 0.15) is 6.61 Å². The molecule has 0 saturated carbocycles. The maximum Gasteiger partial charge on any atom is 0.252 e. The van der Waals surface area contributed by atoms with Gasteiger partial charge in [-0.05, 0) is 6.42 Å². The van der Waals surface area contributed by atoms with Crippen LogP contribution in [0.1, 0.15) is 19.3 Å². The zero-order valence-electron chi connectivity index (χ0n) is 13.8. The summed E-state index contributed by atoms with van der Waals surface area (Å²) >= 11 is 0. The predicted molar refractivity (Wildman–Crippen MR) is 83.9 cm³/mol. The van der Waals surface area contributed by atoms with Crippen LogP contribution in [0.5, 0.6) is 0 Å². The van der Waals surface area contributed by atoms with Gasteiger partial charge in [-0.3, -0.25) is 19.3 Å². The Morgan fingerprint density at radius 1 is 0.833 bits per heavy atom. The number of piperidine rings is 1. The summed E-state index contributed by atoms with van der Waals surface area (Å²) in [5.74, 6) is -0.356. The number of imide groups is 1. The lowest BCUT2D eigenvalue weighted by atomic mass is 10.1. The lowest BCUT2D eigenvalue weighted by Crippen LogP contribution is -2.42. The Hall–Kier alpha value is -1.77. The van der Waals surface area contributed by atoms with Gasteiger partial charge < -0.3 is 19.1 Å². The van der Waals surface area contributed by atoms with Crippen LogP contribution in [0.4, 0.5) is 0 Å². The van der Waals surface area contributed by atoms with Crippen LogP contribution in [0.25, 0.3) is 0 Å². The number of amides is 3. The quantitative estimate of drug-likeness (QED) is 0.431. The summed E-state index contributed by atoms with van der Waals surface area (Å²) in [6.45, 7) is 6.40. The number of likely N-dealkylation sites (tertiary alicyclic amines) is 1. The number of morpholine rings is 1. The molecule has 0 N–H and O–H groups in total. The van der Waals surface area contributed by atoms with Crippen molar-refractivity contribution >= 4 is 17.7 Å². The first-order valence-electron chi connectivity index (χ1n) is 8.14. The Kier molecular flexibility index (Phi) is 7.36. The van der Waals surface area contributed by atoms with E-state index in [1.807, 2.05) is 0 Å². The van der Waals surface area contributed by atoms with Gasteiger partial charge in [0, 0.05) is 25.1 Å². The van der Waals surface area contributed by atoms with E-state index in [4.69, 9.17) is 14.2 Å². The molecule has 2 heterocycles. The van der Waals surface area contributed by atoms with Crippen LogP contribution in [0.15, 0.2) is 12.3 Å². The molecule has 2 aliphatic rings. The molecule has 0 aromatic heterocycles. The van der Waals surface area contributed by atoms with Crippen molar-refractivity contribution in [1.29, 1.82) is 0 Å². The van der Waals surface area contributed by atoms with E-state index in [1.54, 1.807) is 4.90 Å².